The van der Waals surface area contributed by atoms with Crippen LogP contribution in [0.5, 0.6) is 5.75 Å². The van der Waals surface area contributed by atoms with Crippen LogP contribution in [0.4, 0.5) is 9.18 Å². The smallest absolute Gasteiger partial charge is 0.404 e. The van der Waals surface area contributed by atoms with Gasteiger partial charge in [-0.15, -0.1) is 0 Å². The molecular weight excluding hydrogens is 177 g/mol. The first kappa shape index (κ1) is 11.2. The molecule has 0 saturated carbocycles. The molecule has 0 bridgehead atoms. The summed E-state index contributed by atoms with van der Waals surface area (Å²) in [5.74, 6) is -0.449. The Morgan fingerprint density at radius 3 is 2.31 bits per heavy atom. The maximum absolute atomic E-state index is 12.0. The quantitative estimate of drug-likeness (QED) is 0.575. The molecule has 3 N–H and O–H groups in total. The Hall–Kier alpha value is -1.78. The fraction of sp³-hybridized carbons (Fsp3) is 0.125. The number of phenols is 1. The SMILES string of the molecule is CNC(=O)O.Oc1cccc(F)c1. The molecule has 13 heavy (non-hydrogen) atoms. The molecule has 0 unspecified atom stereocenters. The average Bonchev–Trinajstić information content (AvgIpc) is 2.05. The van der Waals surface area contributed by atoms with Gasteiger partial charge in [0.1, 0.15) is 11.6 Å². The fourth-order valence-corrected chi connectivity index (χ4v) is 0.476. The lowest BCUT2D eigenvalue weighted by Gasteiger charge is -1.86. The van der Waals surface area contributed by atoms with Gasteiger partial charge in [0.15, 0.2) is 0 Å². The van der Waals surface area contributed by atoms with Crippen LogP contribution >= 0.6 is 0 Å². The van der Waals surface area contributed by atoms with Crippen molar-refractivity contribution in [2.75, 3.05) is 7.05 Å². The van der Waals surface area contributed by atoms with Crippen molar-refractivity contribution in [1.29, 1.82) is 0 Å². The summed E-state index contributed by atoms with van der Waals surface area (Å²) in [5, 5.41) is 18.1. The zero-order valence-electron chi connectivity index (χ0n) is 6.99. The molecule has 0 saturated heterocycles. The number of rotatable bonds is 0. The Balaban J connectivity index is 0.000000252. The van der Waals surface area contributed by atoms with Gasteiger partial charge in [0.05, 0.1) is 0 Å². The molecule has 1 rings (SSSR count). The Kier molecular flexibility index (Phi) is 5.02. The second kappa shape index (κ2) is 5.82. The maximum atomic E-state index is 12.0. The summed E-state index contributed by atoms with van der Waals surface area (Å²) in [6, 6.07) is 5.20. The molecule has 0 fully saturated rings. The summed E-state index contributed by atoms with van der Waals surface area (Å²) in [6.07, 6.45) is -0.995. The summed E-state index contributed by atoms with van der Waals surface area (Å²) in [4.78, 5) is 9.26. The van der Waals surface area contributed by atoms with Crippen molar-refractivity contribution in [3.05, 3.63) is 30.1 Å². The van der Waals surface area contributed by atoms with Crippen molar-refractivity contribution in [1.82, 2.24) is 5.32 Å². The first-order valence-corrected chi connectivity index (χ1v) is 3.41. The van der Waals surface area contributed by atoms with Gasteiger partial charge >= 0.3 is 6.09 Å². The minimum Gasteiger partial charge on any atom is -0.508 e. The van der Waals surface area contributed by atoms with E-state index in [-0.39, 0.29) is 5.75 Å². The van der Waals surface area contributed by atoms with Crippen LogP contribution in [-0.4, -0.2) is 23.4 Å². The predicted octanol–water partition coefficient (Wildman–Crippen LogP) is 1.42. The molecule has 0 atom stereocenters. The number of amides is 1. The van der Waals surface area contributed by atoms with Gasteiger partial charge in [0.2, 0.25) is 0 Å². The number of benzene rings is 1. The van der Waals surface area contributed by atoms with E-state index in [1.807, 2.05) is 5.32 Å². The number of halogens is 1. The van der Waals surface area contributed by atoms with E-state index in [0.29, 0.717) is 0 Å². The molecule has 0 aliphatic carbocycles. The Bertz CT molecular complexity index is 261. The third-order valence-electron chi connectivity index (χ3n) is 1.02. The second-order valence-electron chi connectivity index (χ2n) is 2.04. The van der Waals surface area contributed by atoms with Crippen molar-refractivity contribution in [3.63, 3.8) is 0 Å². The summed E-state index contributed by atoms with van der Waals surface area (Å²) in [7, 11) is 1.35. The molecule has 1 aromatic rings. The van der Waals surface area contributed by atoms with Gasteiger partial charge in [-0.3, -0.25) is 0 Å². The Morgan fingerprint density at radius 2 is 2.08 bits per heavy atom. The first-order chi connectivity index (χ1) is 6.06. The van der Waals surface area contributed by atoms with Crippen molar-refractivity contribution in [2.45, 2.75) is 0 Å². The van der Waals surface area contributed by atoms with Gasteiger partial charge in [0.25, 0.3) is 0 Å². The van der Waals surface area contributed by atoms with Crippen LogP contribution < -0.4 is 5.32 Å². The minimum atomic E-state index is -0.995. The number of aromatic hydroxyl groups is 1. The van der Waals surface area contributed by atoms with Gasteiger partial charge < -0.3 is 15.5 Å². The zero-order valence-corrected chi connectivity index (χ0v) is 6.99. The highest BCUT2D eigenvalue weighted by atomic mass is 19.1. The van der Waals surface area contributed by atoms with Gasteiger partial charge in [0, 0.05) is 13.1 Å². The number of nitrogens with one attached hydrogen (secondary N) is 1. The number of hydrogen-bond donors (Lipinski definition) is 3. The topological polar surface area (TPSA) is 69.6 Å². The van der Waals surface area contributed by atoms with E-state index < -0.39 is 11.9 Å². The van der Waals surface area contributed by atoms with Crippen LogP contribution in [0.2, 0.25) is 0 Å². The molecule has 0 radical (unpaired) electrons. The van der Waals surface area contributed by atoms with E-state index >= 15 is 0 Å². The minimum absolute atomic E-state index is 0.0370. The van der Waals surface area contributed by atoms with Crippen molar-refractivity contribution >= 4 is 6.09 Å². The number of carboxylic acid groups (broad SMARTS) is 1. The van der Waals surface area contributed by atoms with Crippen LogP contribution in [0.25, 0.3) is 0 Å². The van der Waals surface area contributed by atoms with Gasteiger partial charge in [-0.1, -0.05) is 6.07 Å². The molecule has 0 heterocycles. The summed E-state index contributed by atoms with van der Waals surface area (Å²) >= 11 is 0. The van der Waals surface area contributed by atoms with Crippen molar-refractivity contribution < 1.29 is 19.4 Å². The van der Waals surface area contributed by atoms with E-state index in [2.05, 4.69) is 0 Å². The average molecular weight is 187 g/mol. The molecule has 5 heteroatoms. The first-order valence-electron chi connectivity index (χ1n) is 3.41. The van der Waals surface area contributed by atoms with Crippen LogP contribution in [-0.2, 0) is 0 Å². The Labute approximate surface area is 74.6 Å². The van der Waals surface area contributed by atoms with Crippen LogP contribution in [0.1, 0.15) is 0 Å². The van der Waals surface area contributed by atoms with E-state index in [9.17, 15) is 9.18 Å². The Morgan fingerprint density at radius 1 is 1.54 bits per heavy atom. The number of hydrogen-bond acceptors (Lipinski definition) is 2. The predicted molar refractivity (Wildman–Crippen MR) is 45.1 cm³/mol. The summed E-state index contributed by atoms with van der Waals surface area (Å²) < 4.78 is 12.0. The number of phenolic OH excluding ortho intramolecular Hbond substituents is 1. The van der Waals surface area contributed by atoms with Gasteiger partial charge in [-0.2, -0.15) is 0 Å². The molecule has 0 aromatic heterocycles. The lowest BCUT2D eigenvalue weighted by Crippen LogP contribution is -2.13. The largest absolute Gasteiger partial charge is 0.508 e. The summed E-state index contributed by atoms with van der Waals surface area (Å²) in [5.41, 5.74) is 0. The normalized spacial score (nSPS) is 8.15. The van der Waals surface area contributed by atoms with E-state index in [1.165, 1.54) is 25.2 Å². The highest BCUT2D eigenvalue weighted by Crippen LogP contribution is 2.07. The molecule has 4 nitrogen and oxygen atoms in total. The molecular formula is C8H10FNO3. The van der Waals surface area contributed by atoms with E-state index in [1.54, 1.807) is 0 Å². The second-order valence-corrected chi connectivity index (χ2v) is 2.04. The highest BCUT2D eigenvalue weighted by molar-refractivity contribution is 5.63. The molecule has 0 aliphatic rings. The molecule has 72 valence electrons. The molecule has 0 spiro atoms. The number of carbonyl (C=O) groups is 1. The standard InChI is InChI=1S/C6H5FO.C2H5NO2/c7-5-2-1-3-6(8)4-5;1-3-2(4)5/h1-4,8H;3H,1H3,(H,4,5). The molecule has 1 aromatic carbocycles. The third-order valence-corrected chi connectivity index (χ3v) is 1.02. The van der Waals surface area contributed by atoms with E-state index in [0.717, 1.165) is 6.07 Å². The molecule has 1 amide bonds. The fourth-order valence-electron chi connectivity index (χ4n) is 0.476. The van der Waals surface area contributed by atoms with Crippen molar-refractivity contribution in [2.24, 2.45) is 0 Å². The van der Waals surface area contributed by atoms with Gasteiger partial charge in [-0.05, 0) is 12.1 Å². The van der Waals surface area contributed by atoms with Gasteiger partial charge in [-0.25, -0.2) is 9.18 Å². The van der Waals surface area contributed by atoms with Crippen LogP contribution in [0.15, 0.2) is 24.3 Å². The monoisotopic (exact) mass is 187 g/mol. The van der Waals surface area contributed by atoms with Crippen LogP contribution in [0.3, 0.4) is 0 Å². The summed E-state index contributed by atoms with van der Waals surface area (Å²) in [6.45, 7) is 0. The third kappa shape index (κ3) is 6.61. The maximum Gasteiger partial charge on any atom is 0.404 e. The van der Waals surface area contributed by atoms with Crippen molar-refractivity contribution in [3.8, 4) is 5.75 Å². The lowest BCUT2D eigenvalue weighted by molar-refractivity contribution is 0.197. The lowest BCUT2D eigenvalue weighted by atomic mass is 10.3. The molecule has 0 aliphatic heterocycles. The van der Waals surface area contributed by atoms with Crippen LogP contribution in [0, 0.1) is 5.82 Å². The highest BCUT2D eigenvalue weighted by Gasteiger charge is 1.86. The zero-order chi connectivity index (χ0) is 10.3. The van der Waals surface area contributed by atoms with E-state index in [4.69, 9.17) is 10.2 Å².